The van der Waals surface area contributed by atoms with E-state index in [1.165, 1.54) is 20.9 Å². The van der Waals surface area contributed by atoms with E-state index in [1.54, 1.807) is 0 Å². The van der Waals surface area contributed by atoms with E-state index < -0.39 is 23.8 Å². The number of allylic oxidation sites excluding steroid dienone is 2. The van der Waals surface area contributed by atoms with Gasteiger partial charge < -0.3 is 21.3 Å². The van der Waals surface area contributed by atoms with Crippen LogP contribution in [0, 0.1) is 0 Å². The summed E-state index contributed by atoms with van der Waals surface area (Å²) in [6.07, 6.45) is 5.69. The Morgan fingerprint density at radius 3 is 1.28 bits per heavy atom. The molecule has 0 rings (SSSR count). The van der Waals surface area contributed by atoms with E-state index in [0.29, 0.717) is 0 Å². The number of hydrogen-bond acceptors (Lipinski definition) is 6. The molecule has 0 radical (unpaired) electrons. The zero-order valence-electron chi connectivity index (χ0n) is 13.9. The Hall–Kier alpha value is -3.56. The number of hydrogen-bond donors (Lipinski definition) is 4. The van der Waals surface area contributed by atoms with Crippen LogP contribution in [0.4, 0.5) is 0 Å². The zero-order valence-corrected chi connectivity index (χ0v) is 13.9. The predicted molar refractivity (Wildman–Crippen MR) is 87.3 cm³/mol. The van der Waals surface area contributed by atoms with Gasteiger partial charge in [0, 0.05) is 31.4 Å². The molecule has 2 amide bonds. The molecule has 0 aromatic rings. The monoisotopic (exact) mass is 356 g/mol. The minimum atomic E-state index is -1.13. The minimum Gasteiger partial charge on any atom is -0.478 e. The molecule has 10 nitrogen and oxygen atoms in total. The van der Waals surface area contributed by atoms with Crippen LogP contribution in [-0.2, 0) is 28.8 Å². The molecule has 0 heterocycles. The Balaban J connectivity index is -0.000000291. The summed E-state index contributed by atoms with van der Waals surface area (Å²) in [7, 11) is 1.43. The quantitative estimate of drug-likeness (QED) is 0.446. The number of likely N-dealkylation sites (N-methyl/N-ethyl adjacent to an activating group) is 1. The SMILES string of the molecule is CC(=O)/C=C\C(=O)O.CC(=O)/C=C\C(N)=O.CNC(=O)/C=C\C(=O)O. The second-order valence-electron chi connectivity index (χ2n) is 3.91. The molecular weight excluding hydrogens is 336 g/mol. The van der Waals surface area contributed by atoms with E-state index in [1.807, 2.05) is 0 Å². The Morgan fingerprint density at radius 1 is 0.720 bits per heavy atom. The first kappa shape index (κ1) is 26.3. The number of primary amides is 1. The van der Waals surface area contributed by atoms with Crippen molar-refractivity contribution < 1.29 is 39.0 Å². The molecule has 25 heavy (non-hydrogen) atoms. The van der Waals surface area contributed by atoms with Crippen molar-refractivity contribution in [1.29, 1.82) is 0 Å². The van der Waals surface area contributed by atoms with E-state index in [0.717, 1.165) is 36.5 Å². The number of rotatable bonds is 6. The number of carbonyl (C=O) groups is 6. The van der Waals surface area contributed by atoms with Crippen LogP contribution in [-0.4, -0.2) is 52.6 Å². The van der Waals surface area contributed by atoms with Crippen molar-refractivity contribution in [2.24, 2.45) is 5.73 Å². The normalized spacial score (nSPS) is 9.56. The van der Waals surface area contributed by atoms with Crippen molar-refractivity contribution in [2.45, 2.75) is 13.8 Å². The van der Waals surface area contributed by atoms with Gasteiger partial charge in [0.1, 0.15) is 0 Å². The lowest BCUT2D eigenvalue weighted by Crippen LogP contribution is -2.14. The molecule has 0 unspecified atom stereocenters. The summed E-state index contributed by atoms with van der Waals surface area (Å²) in [5.74, 6) is -3.67. The molecule has 10 heteroatoms. The van der Waals surface area contributed by atoms with Crippen molar-refractivity contribution in [3.8, 4) is 0 Å². The number of nitrogens with two attached hydrogens (primary N) is 1. The first-order valence-electron chi connectivity index (χ1n) is 6.44. The smallest absolute Gasteiger partial charge is 0.328 e. The van der Waals surface area contributed by atoms with Crippen LogP contribution < -0.4 is 11.1 Å². The van der Waals surface area contributed by atoms with Gasteiger partial charge in [0.25, 0.3) is 0 Å². The topological polar surface area (TPSA) is 181 Å². The molecule has 5 N–H and O–H groups in total. The highest BCUT2D eigenvalue weighted by Crippen LogP contribution is 1.73. The lowest BCUT2D eigenvalue weighted by atomic mass is 10.4. The minimum absolute atomic E-state index is 0.177. The second-order valence-corrected chi connectivity index (χ2v) is 3.91. The number of ketones is 2. The molecule has 0 fully saturated rings. The van der Waals surface area contributed by atoms with Gasteiger partial charge in [0.2, 0.25) is 11.8 Å². The van der Waals surface area contributed by atoms with Crippen LogP contribution in [0.3, 0.4) is 0 Å². The molecule has 0 saturated heterocycles. The average Bonchev–Trinajstić information content (AvgIpc) is 2.49. The molecule has 0 atom stereocenters. The number of nitrogens with one attached hydrogen (secondary N) is 1. The third-order valence-corrected chi connectivity index (χ3v) is 1.57. The summed E-state index contributed by atoms with van der Waals surface area (Å²) in [6.45, 7) is 2.64. The van der Waals surface area contributed by atoms with E-state index >= 15 is 0 Å². The van der Waals surface area contributed by atoms with Crippen LogP contribution in [0.25, 0.3) is 0 Å². The summed E-state index contributed by atoms with van der Waals surface area (Å²) in [5, 5.41) is 18.1. The van der Waals surface area contributed by atoms with Gasteiger partial charge in [-0.3, -0.25) is 19.2 Å². The number of carboxylic acid groups (broad SMARTS) is 2. The van der Waals surface area contributed by atoms with E-state index in [4.69, 9.17) is 10.2 Å². The summed E-state index contributed by atoms with van der Waals surface area (Å²) in [4.78, 5) is 59.6. The van der Waals surface area contributed by atoms with Crippen molar-refractivity contribution in [3.05, 3.63) is 36.5 Å². The van der Waals surface area contributed by atoms with Crippen molar-refractivity contribution >= 4 is 35.3 Å². The number of carboxylic acids is 2. The predicted octanol–water partition coefficient (Wildman–Crippen LogP) is -0.794. The van der Waals surface area contributed by atoms with Crippen LogP contribution >= 0.6 is 0 Å². The fourth-order valence-corrected chi connectivity index (χ4v) is 0.618. The Labute approximate surface area is 143 Å². The third-order valence-electron chi connectivity index (χ3n) is 1.57. The molecule has 0 aliphatic rings. The van der Waals surface area contributed by atoms with E-state index in [2.05, 4.69) is 11.1 Å². The number of carbonyl (C=O) groups excluding carboxylic acids is 4. The fraction of sp³-hybridized carbons (Fsp3) is 0.200. The van der Waals surface area contributed by atoms with Gasteiger partial charge in [0.15, 0.2) is 11.6 Å². The van der Waals surface area contributed by atoms with Crippen molar-refractivity contribution in [1.82, 2.24) is 5.32 Å². The van der Waals surface area contributed by atoms with Gasteiger partial charge in [-0.1, -0.05) is 0 Å². The van der Waals surface area contributed by atoms with Gasteiger partial charge in [-0.2, -0.15) is 0 Å². The highest BCUT2D eigenvalue weighted by molar-refractivity contribution is 5.96. The molecule has 138 valence electrons. The fourth-order valence-electron chi connectivity index (χ4n) is 0.618. The van der Waals surface area contributed by atoms with Gasteiger partial charge in [0.05, 0.1) is 0 Å². The maximum Gasteiger partial charge on any atom is 0.328 e. The van der Waals surface area contributed by atoms with E-state index in [9.17, 15) is 28.8 Å². The molecule has 0 aromatic carbocycles. The van der Waals surface area contributed by atoms with Crippen LogP contribution in [0.15, 0.2) is 36.5 Å². The maximum absolute atomic E-state index is 10.3. The van der Waals surface area contributed by atoms with Crippen molar-refractivity contribution in [2.75, 3.05) is 7.05 Å². The van der Waals surface area contributed by atoms with Crippen LogP contribution in [0.1, 0.15) is 13.8 Å². The Morgan fingerprint density at radius 2 is 1.08 bits per heavy atom. The van der Waals surface area contributed by atoms with Crippen LogP contribution in [0.5, 0.6) is 0 Å². The van der Waals surface area contributed by atoms with Gasteiger partial charge in [-0.05, 0) is 26.0 Å². The third kappa shape index (κ3) is 38.5. The molecule has 0 bridgehead atoms. The summed E-state index contributed by atoms with van der Waals surface area (Å²) in [5.41, 5.74) is 4.66. The molecule has 0 aliphatic heterocycles. The zero-order chi connectivity index (χ0) is 20.4. The average molecular weight is 356 g/mol. The molecule has 0 spiro atoms. The summed E-state index contributed by atoms with van der Waals surface area (Å²) >= 11 is 0. The second kappa shape index (κ2) is 16.8. The highest BCUT2D eigenvalue weighted by Gasteiger charge is 1.89. The number of amides is 2. The molecule has 0 aromatic heterocycles. The summed E-state index contributed by atoms with van der Waals surface area (Å²) in [6, 6.07) is 0. The van der Waals surface area contributed by atoms with Gasteiger partial charge in [-0.15, -0.1) is 0 Å². The molecule has 0 saturated carbocycles. The van der Waals surface area contributed by atoms with Crippen molar-refractivity contribution in [3.63, 3.8) is 0 Å². The first-order chi connectivity index (χ1) is 11.4. The maximum atomic E-state index is 10.3. The highest BCUT2D eigenvalue weighted by atomic mass is 16.4. The first-order valence-corrected chi connectivity index (χ1v) is 6.44. The number of aliphatic carboxylic acids is 2. The van der Waals surface area contributed by atoms with Gasteiger partial charge in [-0.25, -0.2) is 9.59 Å². The lowest BCUT2D eigenvalue weighted by Gasteiger charge is -1.85. The standard InChI is InChI=1S/C5H7NO3.C5H7NO2.C5H6O3/c1-6-4(7)2-3-5(8)9;1-4(7)2-3-5(6)8;1-4(6)2-3-5(7)8/h2-3H,1H3,(H,6,7)(H,8,9);2-3H,1H3,(H2,6,8);2-3H,1H3,(H,7,8)/b3*3-2-. The Bertz CT molecular complexity index is 522. The molecule has 0 aliphatic carbocycles. The summed E-state index contributed by atoms with van der Waals surface area (Å²) < 4.78 is 0. The van der Waals surface area contributed by atoms with Gasteiger partial charge >= 0.3 is 11.9 Å². The molecular formula is C15H20N2O8. The van der Waals surface area contributed by atoms with Crippen LogP contribution in [0.2, 0.25) is 0 Å². The van der Waals surface area contributed by atoms with E-state index in [-0.39, 0.29) is 11.6 Å². The largest absolute Gasteiger partial charge is 0.478 e. The Kier molecular flexibility index (Phi) is 17.7. The lowest BCUT2D eigenvalue weighted by molar-refractivity contribution is -0.132.